The number of benzene rings is 7. The van der Waals surface area contributed by atoms with Gasteiger partial charge in [-0.15, -0.1) is 11.8 Å². The molecule has 0 amide bonds. The zero-order chi connectivity index (χ0) is 39.6. The number of hydrogen-bond donors (Lipinski definition) is 1. The maximum atomic E-state index is 5.41. The first-order chi connectivity index (χ1) is 29.7. The van der Waals surface area contributed by atoms with Crippen molar-refractivity contribution in [2.24, 2.45) is 5.92 Å². The van der Waals surface area contributed by atoms with E-state index in [4.69, 9.17) is 15.0 Å². The maximum Gasteiger partial charge on any atom is 0.164 e. The molecule has 7 aromatic carbocycles. The molecule has 8 aromatic rings. The Balaban J connectivity index is 1.08. The van der Waals surface area contributed by atoms with E-state index in [9.17, 15) is 0 Å². The number of hydrogen-bond acceptors (Lipinski definition) is 5. The third kappa shape index (κ3) is 5.43. The number of rotatable bonds is 5. The second-order valence-electron chi connectivity index (χ2n) is 15.9. The maximum absolute atomic E-state index is 5.41. The first kappa shape index (κ1) is 34.9. The molecule has 0 saturated carbocycles. The van der Waals surface area contributed by atoms with E-state index < -0.39 is 5.41 Å². The SMILES string of the molecule is C1=CC2C(Sc3c(-c4ccc5c(c4)NCC=C5)cccc3C23c2ccccc2-c2ccccc23)C(c2nc(-c3ccccc3)nc(-c3cccc(-c4ccccc4)c3)n2)=C1. The van der Waals surface area contributed by atoms with Gasteiger partial charge in [-0.2, -0.15) is 0 Å². The van der Waals surface area contributed by atoms with Crippen molar-refractivity contribution in [2.75, 3.05) is 11.9 Å². The van der Waals surface area contributed by atoms with Crippen molar-refractivity contribution in [1.29, 1.82) is 0 Å². The zero-order valence-electron chi connectivity index (χ0n) is 32.7. The van der Waals surface area contributed by atoms with E-state index in [1.165, 1.54) is 55.1 Å². The van der Waals surface area contributed by atoms with Crippen LogP contribution in [-0.2, 0) is 5.41 Å². The Morgan fingerprint density at radius 1 is 0.517 bits per heavy atom. The predicted octanol–water partition coefficient (Wildman–Crippen LogP) is 13.0. The Morgan fingerprint density at radius 2 is 1.13 bits per heavy atom. The molecule has 284 valence electrons. The zero-order valence-corrected chi connectivity index (χ0v) is 33.5. The fourth-order valence-corrected chi connectivity index (χ4v) is 11.7. The number of anilines is 1. The van der Waals surface area contributed by atoms with Gasteiger partial charge in [0.15, 0.2) is 17.5 Å². The molecular weight excluding hydrogens is 749 g/mol. The summed E-state index contributed by atoms with van der Waals surface area (Å²) in [6.07, 6.45) is 11.4. The number of nitrogens with zero attached hydrogens (tertiary/aromatic N) is 3. The monoisotopic (exact) mass is 786 g/mol. The second-order valence-corrected chi connectivity index (χ2v) is 17.0. The highest BCUT2D eigenvalue weighted by atomic mass is 32.2. The third-order valence-electron chi connectivity index (χ3n) is 12.6. The van der Waals surface area contributed by atoms with Crippen LogP contribution in [0, 0.1) is 5.92 Å². The molecule has 0 bridgehead atoms. The minimum absolute atomic E-state index is 0.0175. The highest BCUT2D eigenvalue weighted by molar-refractivity contribution is 8.00. The van der Waals surface area contributed by atoms with Crippen LogP contribution >= 0.6 is 11.8 Å². The molecular formula is C55H38N4S. The number of nitrogens with one attached hydrogen (secondary N) is 1. The van der Waals surface area contributed by atoms with E-state index in [-0.39, 0.29) is 11.2 Å². The van der Waals surface area contributed by atoms with Gasteiger partial charge in [0.2, 0.25) is 0 Å². The largest absolute Gasteiger partial charge is 0.381 e. The molecule has 0 fully saturated rings. The van der Waals surface area contributed by atoms with Gasteiger partial charge in [0.1, 0.15) is 0 Å². The van der Waals surface area contributed by atoms with Crippen molar-refractivity contribution in [3.63, 3.8) is 0 Å². The van der Waals surface area contributed by atoms with Crippen LogP contribution in [0.1, 0.15) is 28.1 Å². The van der Waals surface area contributed by atoms with Crippen molar-refractivity contribution < 1.29 is 0 Å². The summed E-state index contributed by atoms with van der Waals surface area (Å²) in [5.41, 5.74) is 16.3. The molecule has 0 saturated heterocycles. The first-order valence-electron chi connectivity index (χ1n) is 20.6. The molecule has 1 aromatic heterocycles. The lowest BCUT2D eigenvalue weighted by molar-refractivity contribution is 0.454. The van der Waals surface area contributed by atoms with Crippen molar-refractivity contribution in [3.8, 4) is 56.2 Å². The standard InChI is InChI=1S/C55H38N4S/c1-3-15-35(16-4-1)38-19-11-20-40(33-38)53-57-52(37-17-5-2-6-18-37)58-54(59-53)44-25-13-29-48-51(44)60-50-41(39-31-30-36-21-14-32-56-49(36)34-39)24-12-28-47(50)55(48)45-26-9-7-22-42(45)43-23-8-10-27-46(43)55/h1-31,33-34,48,51,56H,32H2. The lowest BCUT2D eigenvalue weighted by Crippen LogP contribution is -2.45. The highest BCUT2D eigenvalue weighted by Crippen LogP contribution is 2.66. The summed E-state index contributed by atoms with van der Waals surface area (Å²) < 4.78 is 0. The normalized spacial score (nSPS) is 17.4. The number of fused-ring (bicyclic) bond motifs is 10. The van der Waals surface area contributed by atoms with E-state index in [1.807, 2.05) is 30.0 Å². The predicted molar refractivity (Wildman–Crippen MR) is 248 cm³/mol. The summed E-state index contributed by atoms with van der Waals surface area (Å²) in [5.74, 6) is 2.09. The van der Waals surface area contributed by atoms with Crippen LogP contribution in [0.3, 0.4) is 0 Å². The highest BCUT2D eigenvalue weighted by Gasteiger charge is 2.56. The number of thioether (sulfide) groups is 1. The van der Waals surface area contributed by atoms with Gasteiger partial charge in [0, 0.05) is 45.0 Å². The van der Waals surface area contributed by atoms with Gasteiger partial charge >= 0.3 is 0 Å². The fraction of sp³-hybridized carbons (Fsp3) is 0.0727. The van der Waals surface area contributed by atoms with Crippen LogP contribution in [0.25, 0.3) is 67.8 Å². The Morgan fingerprint density at radius 3 is 1.92 bits per heavy atom. The minimum Gasteiger partial charge on any atom is -0.381 e. The first-order valence-corrected chi connectivity index (χ1v) is 21.5. The third-order valence-corrected chi connectivity index (χ3v) is 14.1. The molecule has 0 radical (unpaired) electrons. The van der Waals surface area contributed by atoms with Crippen LogP contribution < -0.4 is 5.32 Å². The van der Waals surface area contributed by atoms with E-state index >= 15 is 0 Å². The summed E-state index contributed by atoms with van der Waals surface area (Å²) in [4.78, 5) is 17.3. The van der Waals surface area contributed by atoms with Crippen molar-refractivity contribution in [3.05, 3.63) is 222 Å². The van der Waals surface area contributed by atoms with E-state index in [0.717, 1.165) is 34.4 Å². The van der Waals surface area contributed by atoms with Crippen molar-refractivity contribution in [2.45, 2.75) is 15.6 Å². The van der Waals surface area contributed by atoms with Gasteiger partial charge in [-0.25, -0.2) is 15.0 Å². The summed E-state index contributed by atoms with van der Waals surface area (Å²) in [6, 6.07) is 61.3. The molecule has 2 unspecified atom stereocenters. The van der Waals surface area contributed by atoms with Gasteiger partial charge in [-0.3, -0.25) is 0 Å². The summed E-state index contributed by atoms with van der Waals surface area (Å²) in [7, 11) is 0. The van der Waals surface area contributed by atoms with Crippen LogP contribution in [0.2, 0.25) is 0 Å². The van der Waals surface area contributed by atoms with Crippen LogP contribution in [0.5, 0.6) is 0 Å². The van der Waals surface area contributed by atoms with E-state index in [1.54, 1.807) is 0 Å². The summed E-state index contributed by atoms with van der Waals surface area (Å²) in [6.45, 7) is 0.828. The Bertz CT molecular complexity index is 3050. The smallest absolute Gasteiger partial charge is 0.164 e. The van der Waals surface area contributed by atoms with Crippen molar-refractivity contribution in [1.82, 2.24) is 15.0 Å². The molecule has 4 nitrogen and oxygen atoms in total. The van der Waals surface area contributed by atoms with Gasteiger partial charge in [0.05, 0.1) is 5.41 Å². The Labute approximate surface area is 354 Å². The Hall–Kier alpha value is -7.08. The molecule has 2 aliphatic carbocycles. The summed E-state index contributed by atoms with van der Waals surface area (Å²) in [5, 5.41) is 3.60. The molecule has 12 rings (SSSR count). The average Bonchev–Trinajstić information content (AvgIpc) is 3.62. The minimum atomic E-state index is -0.457. The van der Waals surface area contributed by atoms with Crippen LogP contribution in [0.4, 0.5) is 5.69 Å². The molecule has 60 heavy (non-hydrogen) atoms. The molecule has 2 atom stereocenters. The van der Waals surface area contributed by atoms with Gasteiger partial charge in [-0.05, 0) is 67.8 Å². The van der Waals surface area contributed by atoms with Gasteiger partial charge in [0.25, 0.3) is 0 Å². The number of aromatic nitrogens is 3. The number of allylic oxidation sites excluding steroid dienone is 3. The average molecular weight is 787 g/mol. The quantitative estimate of drug-likeness (QED) is 0.188. The molecule has 4 aliphatic rings. The fourth-order valence-electron chi connectivity index (χ4n) is 10.0. The van der Waals surface area contributed by atoms with Gasteiger partial charge in [-0.1, -0.05) is 188 Å². The summed E-state index contributed by atoms with van der Waals surface area (Å²) >= 11 is 1.96. The molecule has 1 N–H and O–H groups in total. The lowest BCUT2D eigenvalue weighted by atomic mass is 9.60. The Kier molecular flexibility index (Phi) is 8.17. The van der Waals surface area contributed by atoms with Crippen molar-refractivity contribution >= 4 is 29.1 Å². The van der Waals surface area contributed by atoms with Crippen LogP contribution in [0.15, 0.2) is 199 Å². The van der Waals surface area contributed by atoms with Gasteiger partial charge < -0.3 is 5.32 Å². The molecule has 2 aliphatic heterocycles. The lowest BCUT2D eigenvalue weighted by Gasteiger charge is -2.49. The second kappa shape index (κ2) is 14.0. The van der Waals surface area contributed by atoms with Crippen LogP contribution in [-0.4, -0.2) is 26.7 Å². The topological polar surface area (TPSA) is 50.7 Å². The molecule has 1 spiro atoms. The van der Waals surface area contributed by atoms with E-state index in [2.05, 4.69) is 187 Å². The molecule has 5 heteroatoms. The van der Waals surface area contributed by atoms with E-state index in [0.29, 0.717) is 17.5 Å². The molecule has 3 heterocycles.